The third-order valence-electron chi connectivity index (χ3n) is 6.24. The van der Waals surface area contributed by atoms with Gasteiger partial charge in [-0.25, -0.2) is 0 Å². The number of aryl methyl sites for hydroxylation is 1. The van der Waals surface area contributed by atoms with Gasteiger partial charge in [-0.2, -0.15) is 0 Å². The summed E-state index contributed by atoms with van der Waals surface area (Å²) in [5.74, 6) is 0.150. The van der Waals surface area contributed by atoms with Gasteiger partial charge in [0.1, 0.15) is 18.1 Å². The van der Waals surface area contributed by atoms with Crippen LogP contribution in [0.5, 0.6) is 5.75 Å². The van der Waals surface area contributed by atoms with Crippen molar-refractivity contribution in [3.63, 3.8) is 0 Å². The molecule has 0 spiro atoms. The van der Waals surface area contributed by atoms with Crippen LogP contribution in [-0.4, -0.2) is 41.0 Å². The molecule has 4 rings (SSSR count). The van der Waals surface area contributed by atoms with Crippen molar-refractivity contribution in [2.75, 3.05) is 19.7 Å². The van der Waals surface area contributed by atoms with Crippen molar-refractivity contribution in [1.29, 1.82) is 0 Å². The number of amides is 1. The zero-order valence-corrected chi connectivity index (χ0v) is 20.0. The zero-order valence-electron chi connectivity index (χ0n) is 20.0. The molecule has 0 radical (unpaired) electrons. The maximum absolute atomic E-state index is 13.6. The van der Waals surface area contributed by atoms with Crippen molar-refractivity contribution in [1.82, 2.24) is 9.47 Å². The van der Waals surface area contributed by atoms with E-state index in [1.807, 2.05) is 41.0 Å². The molecular weight excluding hydrogens is 428 g/mol. The molecule has 2 heterocycles. The minimum atomic E-state index is -0.275. The number of allylic oxidation sites excluding steroid dienone is 1. The van der Waals surface area contributed by atoms with Crippen molar-refractivity contribution in [3.8, 4) is 5.75 Å². The fourth-order valence-electron chi connectivity index (χ4n) is 4.63. The second kappa shape index (κ2) is 10.6. The quantitative estimate of drug-likeness (QED) is 0.345. The first kappa shape index (κ1) is 23.6. The second-order valence-corrected chi connectivity index (χ2v) is 8.74. The Bertz CT molecular complexity index is 1200. The van der Waals surface area contributed by atoms with Gasteiger partial charge in [0.2, 0.25) is 0 Å². The topological polar surface area (TPSA) is 60.8 Å². The fraction of sp³-hybridized carbons (Fsp3) is 0.357. The highest BCUT2D eigenvalue weighted by Crippen LogP contribution is 2.31. The van der Waals surface area contributed by atoms with E-state index in [1.54, 1.807) is 17.9 Å². The lowest BCUT2D eigenvalue weighted by molar-refractivity contribution is -0.149. The molecule has 34 heavy (non-hydrogen) atoms. The SMILES string of the molecule is C=CCn1c(C(=O)N2CCCC(C(=O)OCC)C2)cc2c(OCc3cccc(C)c3)cccc21. The highest BCUT2D eigenvalue weighted by Gasteiger charge is 2.31. The van der Waals surface area contributed by atoms with Gasteiger partial charge < -0.3 is 18.9 Å². The van der Waals surface area contributed by atoms with Crippen LogP contribution >= 0.6 is 0 Å². The van der Waals surface area contributed by atoms with Gasteiger partial charge in [0.05, 0.1) is 18.0 Å². The first-order valence-electron chi connectivity index (χ1n) is 11.9. The normalized spacial score (nSPS) is 15.8. The van der Waals surface area contributed by atoms with Crippen molar-refractivity contribution < 1.29 is 19.1 Å². The first-order valence-corrected chi connectivity index (χ1v) is 11.9. The molecular formula is C28H32N2O4. The van der Waals surface area contributed by atoms with E-state index in [4.69, 9.17) is 9.47 Å². The molecule has 178 valence electrons. The van der Waals surface area contributed by atoms with Crippen molar-refractivity contribution in [2.45, 2.75) is 39.8 Å². The van der Waals surface area contributed by atoms with E-state index in [-0.39, 0.29) is 17.8 Å². The highest BCUT2D eigenvalue weighted by atomic mass is 16.5. The Labute approximate surface area is 200 Å². The molecule has 0 saturated carbocycles. The maximum atomic E-state index is 13.6. The van der Waals surface area contributed by atoms with E-state index in [2.05, 4.69) is 25.6 Å². The summed E-state index contributed by atoms with van der Waals surface area (Å²) in [5.41, 5.74) is 3.78. The number of piperidine rings is 1. The van der Waals surface area contributed by atoms with Crippen LogP contribution in [0, 0.1) is 12.8 Å². The number of hydrogen-bond acceptors (Lipinski definition) is 4. The number of aromatic nitrogens is 1. The molecule has 6 heteroatoms. The summed E-state index contributed by atoms with van der Waals surface area (Å²) < 4.78 is 13.4. The van der Waals surface area contributed by atoms with Gasteiger partial charge in [-0.15, -0.1) is 6.58 Å². The summed E-state index contributed by atoms with van der Waals surface area (Å²) >= 11 is 0. The number of fused-ring (bicyclic) bond motifs is 1. The molecule has 0 aliphatic carbocycles. The number of esters is 1. The first-order chi connectivity index (χ1) is 16.5. The predicted molar refractivity (Wildman–Crippen MR) is 133 cm³/mol. The highest BCUT2D eigenvalue weighted by molar-refractivity contribution is 6.00. The van der Waals surface area contributed by atoms with Crippen LogP contribution in [-0.2, 0) is 22.7 Å². The van der Waals surface area contributed by atoms with Crippen molar-refractivity contribution >= 4 is 22.8 Å². The summed E-state index contributed by atoms with van der Waals surface area (Å²) in [6.45, 7) is 10.0. The Balaban J connectivity index is 1.62. The van der Waals surface area contributed by atoms with E-state index >= 15 is 0 Å². The number of hydrogen-bond donors (Lipinski definition) is 0. The summed E-state index contributed by atoms with van der Waals surface area (Å²) in [6.07, 6.45) is 3.31. The molecule has 1 saturated heterocycles. The summed E-state index contributed by atoms with van der Waals surface area (Å²) in [4.78, 5) is 27.6. The lowest BCUT2D eigenvalue weighted by atomic mass is 9.98. The monoisotopic (exact) mass is 460 g/mol. The number of rotatable bonds is 8. The zero-order chi connectivity index (χ0) is 24.1. The lowest BCUT2D eigenvalue weighted by Gasteiger charge is -2.31. The van der Waals surface area contributed by atoms with E-state index in [0.29, 0.717) is 38.5 Å². The van der Waals surface area contributed by atoms with Gasteiger partial charge in [-0.05, 0) is 50.5 Å². The van der Waals surface area contributed by atoms with Crippen LogP contribution in [0.3, 0.4) is 0 Å². The second-order valence-electron chi connectivity index (χ2n) is 8.74. The molecule has 1 fully saturated rings. The average Bonchev–Trinajstić information content (AvgIpc) is 3.22. The smallest absolute Gasteiger partial charge is 0.310 e. The third-order valence-corrected chi connectivity index (χ3v) is 6.24. The van der Waals surface area contributed by atoms with E-state index in [0.717, 1.165) is 35.1 Å². The van der Waals surface area contributed by atoms with Gasteiger partial charge in [0.15, 0.2) is 0 Å². The van der Waals surface area contributed by atoms with Gasteiger partial charge in [-0.1, -0.05) is 42.0 Å². The number of ether oxygens (including phenoxy) is 2. The van der Waals surface area contributed by atoms with Crippen molar-refractivity contribution in [2.24, 2.45) is 5.92 Å². The Hall–Kier alpha value is -3.54. The van der Waals surface area contributed by atoms with Crippen LogP contribution in [0.4, 0.5) is 0 Å². The number of nitrogens with zero attached hydrogens (tertiary/aromatic N) is 2. The number of carbonyl (C=O) groups is 2. The average molecular weight is 461 g/mol. The predicted octanol–water partition coefficient (Wildman–Crippen LogP) is 5.13. The fourth-order valence-corrected chi connectivity index (χ4v) is 4.63. The van der Waals surface area contributed by atoms with Gasteiger partial charge in [0, 0.05) is 25.0 Å². The molecule has 1 amide bonds. The molecule has 1 atom stereocenters. The maximum Gasteiger partial charge on any atom is 0.310 e. The van der Waals surface area contributed by atoms with Crippen LogP contribution < -0.4 is 4.74 Å². The molecule has 1 aliphatic rings. The summed E-state index contributed by atoms with van der Waals surface area (Å²) in [5, 5.41) is 0.888. The third kappa shape index (κ3) is 5.01. The molecule has 0 N–H and O–H groups in total. The Morgan fingerprint density at radius 1 is 1.18 bits per heavy atom. The molecule has 1 aliphatic heterocycles. The molecule has 2 aromatic carbocycles. The lowest BCUT2D eigenvalue weighted by Crippen LogP contribution is -2.43. The number of benzene rings is 2. The van der Waals surface area contributed by atoms with Gasteiger partial charge >= 0.3 is 5.97 Å². The van der Waals surface area contributed by atoms with Crippen LogP contribution in [0.2, 0.25) is 0 Å². The molecule has 6 nitrogen and oxygen atoms in total. The molecule has 1 unspecified atom stereocenters. The minimum Gasteiger partial charge on any atom is -0.488 e. The van der Waals surface area contributed by atoms with Crippen LogP contribution in [0.25, 0.3) is 10.9 Å². The Kier molecular flexibility index (Phi) is 7.36. The number of carbonyl (C=O) groups excluding carboxylic acids is 2. The number of likely N-dealkylation sites (tertiary alicyclic amines) is 1. The Morgan fingerprint density at radius 3 is 2.76 bits per heavy atom. The van der Waals surface area contributed by atoms with Crippen LogP contribution in [0.1, 0.15) is 41.4 Å². The molecule has 0 bridgehead atoms. The van der Waals surface area contributed by atoms with E-state index < -0.39 is 0 Å². The van der Waals surface area contributed by atoms with E-state index in [9.17, 15) is 9.59 Å². The minimum absolute atomic E-state index is 0.0864. The standard InChI is InChI=1S/C28H32N2O4/c1-4-14-30-24-12-7-13-26(34-19-21-10-6-9-20(3)16-21)23(24)17-25(30)27(31)29-15-8-11-22(18-29)28(32)33-5-2/h4,6-7,9-10,12-13,16-17,22H,1,5,8,11,14-15,18-19H2,2-3H3. The Morgan fingerprint density at radius 2 is 2.00 bits per heavy atom. The summed E-state index contributed by atoms with van der Waals surface area (Å²) in [7, 11) is 0. The van der Waals surface area contributed by atoms with Crippen LogP contribution in [0.15, 0.2) is 61.2 Å². The van der Waals surface area contributed by atoms with Gasteiger partial charge in [0.25, 0.3) is 5.91 Å². The molecule has 1 aromatic heterocycles. The van der Waals surface area contributed by atoms with Gasteiger partial charge in [-0.3, -0.25) is 9.59 Å². The summed E-state index contributed by atoms with van der Waals surface area (Å²) in [6, 6.07) is 16.0. The van der Waals surface area contributed by atoms with Crippen molar-refractivity contribution in [3.05, 3.63) is 78.0 Å². The largest absolute Gasteiger partial charge is 0.488 e. The molecule has 3 aromatic rings. The van der Waals surface area contributed by atoms with E-state index in [1.165, 1.54) is 5.56 Å².